The number of benzene rings is 3. The number of nitrogens with zero attached hydrogens (tertiary/aromatic N) is 5. The molecule has 2 aliphatic rings. The molecule has 55 heavy (non-hydrogen) atoms. The highest BCUT2D eigenvalue weighted by molar-refractivity contribution is 6.00. The Bertz CT molecular complexity index is 2200. The van der Waals surface area contributed by atoms with Gasteiger partial charge in [0.1, 0.15) is 30.2 Å². The molecule has 0 saturated carbocycles. The smallest absolute Gasteiger partial charge is 0.472 e. The lowest BCUT2D eigenvalue weighted by atomic mass is 9.94. The van der Waals surface area contributed by atoms with Crippen molar-refractivity contribution in [1.29, 1.82) is 0 Å². The molecule has 0 N–H and O–H groups in total. The molecule has 2 saturated heterocycles. The number of rotatable bonds is 14. The van der Waals surface area contributed by atoms with Gasteiger partial charge in [0.25, 0.3) is 12.3 Å². The van der Waals surface area contributed by atoms with Gasteiger partial charge in [0.15, 0.2) is 5.82 Å². The summed E-state index contributed by atoms with van der Waals surface area (Å²) in [6, 6.07) is 17.3. The largest absolute Gasteiger partial charge is 0.533 e. The summed E-state index contributed by atoms with van der Waals surface area (Å²) >= 11 is 0. The molecular weight excluding hydrogens is 712 g/mol. The number of imide groups is 1. The van der Waals surface area contributed by atoms with E-state index in [4.69, 9.17) is 19.0 Å². The zero-order chi connectivity index (χ0) is 38.4. The molecule has 14 heteroatoms. The summed E-state index contributed by atoms with van der Waals surface area (Å²) in [5.41, 5.74) is 1.68. The summed E-state index contributed by atoms with van der Waals surface area (Å²) in [6.07, 6.45) is 5.56. The highest BCUT2D eigenvalue weighted by Crippen LogP contribution is 2.40. The van der Waals surface area contributed by atoms with Crippen LogP contribution in [0.3, 0.4) is 0 Å². The van der Waals surface area contributed by atoms with Gasteiger partial charge in [-0.3, -0.25) is 24.3 Å². The van der Waals surface area contributed by atoms with Crippen LogP contribution in [0.1, 0.15) is 63.0 Å². The maximum atomic E-state index is 16.9. The number of aryl methyl sites for hydroxylation is 1. The first-order valence-electron chi connectivity index (χ1n) is 18.5. The maximum Gasteiger partial charge on any atom is 0.533 e. The van der Waals surface area contributed by atoms with Gasteiger partial charge < -0.3 is 14.2 Å². The molecule has 4 heterocycles. The third-order valence-corrected chi connectivity index (χ3v) is 10.2. The van der Waals surface area contributed by atoms with Crippen LogP contribution in [0.5, 0.6) is 11.9 Å². The summed E-state index contributed by atoms with van der Waals surface area (Å²) in [5.74, 6) is -1.80. The molecular formula is C41H41F2N5O7. The van der Waals surface area contributed by atoms with E-state index in [0.29, 0.717) is 41.0 Å². The van der Waals surface area contributed by atoms with Crippen LogP contribution < -0.4 is 9.47 Å². The van der Waals surface area contributed by atoms with Crippen molar-refractivity contribution >= 4 is 40.1 Å². The molecule has 7 rings (SSSR count). The Balaban J connectivity index is 1.18. The van der Waals surface area contributed by atoms with E-state index < -0.39 is 23.7 Å². The predicted octanol–water partition coefficient (Wildman–Crippen LogP) is 7.50. The monoisotopic (exact) mass is 753 g/mol. The van der Waals surface area contributed by atoms with Gasteiger partial charge in [-0.2, -0.15) is 9.97 Å². The molecule has 0 unspecified atom stereocenters. The van der Waals surface area contributed by atoms with Crippen molar-refractivity contribution in [2.75, 3.05) is 26.3 Å². The minimum Gasteiger partial charge on any atom is -0.472 e. The Labute approximate surface area is 316 Å². The van der Waals surface area contributed by atoms with Crippen molar-refractivity contribution in [1.82, 2.24) is 24.9 Å². The van der Waals surface area contributed by atoms with Gasteiger partial charge >= 0.3 is 12.2 Å². The van der Waals surface area contributed by atoms with Crippen LogP contribution >= 0.6 is 0 Å². The van der Waals surface area contributed by atoms with E-state index in [1.807, 2.05) is 30.3 Å². The second-order valence-corrected chi connectivity index (χ2v) is 13.8. The standard InChI is InChI=1S/C41H41F2N5O7/c1-2-10-33(50)48(26-49)55-40(51)52-22-7-13-28-16-17-32(42)29-14-6-15-30(34(28)29)36-35(43)37-31(23-44-36)38(53-24-27-11-4-3-5-12-27)46-39(45-37)54-25-41-18-8-20-47(41)21-9-19-41/h3-6,11-12,14-17,23,26H,2,7-10,13,18-22,24-25H2,1H3. The molecule has 12 nitrogen and oxygen atoms in total. The zero-order valence-electron chi connectivity index (χ0n) is 30.5. The zero-order valence-corrected chi connectivity index (χ0v) is 30.5. The number of carbonyl (C=O) groups is 3. The molecule has 2 amide bonds. The van der Waals surface area contributed by atoms with Crippen molar-refractivity contribution in [2.45, 2.75) is 70.4 Å². The topological polar surface area (TPSA) is 133 Å². The van der Waals surface area contributed by atoms with E-state index in [1.54, 1.807) is 31.2 Å². The summed E-state index contributed by atoms with van der Waals surface area (Å²) in [4.78, 5) is 56.1. The Kier molecular flexibility index (Phi) is 11.4. The van der Waals surface area contributed by atoms with E-state index in [1.165, 1.54) is 12.3 Å². The number of amides is 2. The molecule has 2 aliphatic heterocycles. The Morgan fingerprint density at radius 3 is 2.53 bits per heavy atom. The van der Waals surface area contributed by atoms with Gasteiger partial charge in [-0.15, -0.1) is 5.06 Å². The quantitative estimate of drug-likeness (QED) is 0.0483. The number of hydrogen-bond acceptors (Lipinski definition) is 11. The first-order valence-corrected chi connectivity index (χ1v) is 18.5. The summed E-state index contributed by atoms with van der Waals surface area (Å²) in [5, 5.41) is 1.24. The summed E-state index contributed by atoms with van der Waals surface area (Å²) < 4.78 is 49.7. The first kappa shape index (κ1) is 37.6. The van der Waals surface area contributed by atoms with Crippen LogP contribution in [-0.4, -0.2) is 75.2 Å². The van der Waals surface area contributed by atoms with Crippen LogP contribution in [0.2, 0.25) is 0 Å². The van der Waals surface area contributed by atoms with Crippen molar-refractivity contribution in [3.63, 3.8) is 0 Å². The number of hydroxylamine groups is 2. The number of ether oxygens (including phenoxy) is 3. The van der Waals surface area contributed by atoms with Crippen LogP contribution in [0.4, 0.5) is 13.6 Å². The first-order chi connectivity index (χ1) is 26.8. The molecule has 2 fully saturated rings. The van der Waals surface area contributed by atoms with Gasteiger partial charge in [-0.25, -0.2) is 13.6 Å². The van der Waals surface area contributed by atoms with E-state index >= 15 is 8.78 Å². The van der Waals surface area contributed by atoms with E-state index in [0.717, 1.165) is 44.3 Å². The molecule has 0 atom stereocenters. The third kappa shape index (κ3) is 8.04. The number of pyridine rings is 1. The third-order valence-electron chi connectivity index (χ3n) is 10.2. The molecule has 0 aliphatic carbocycles. The van der Waals surface area contributed by atoms with Gasteiger partial charge in [0, 0.05) is 23.6 Å². The number of carbonyl (C=O) groups excluding carboxylic acids is 3. The van der Waals surface area contributed by atoms with Crippen LogP contribution in [-0.2, 0) is 32.2 Å². The van der Waals surface area contributed by atoms with Crippen molar-refractivity contribution < 1.29 is 42.2 Å². The molecule has 286 valence electrons. The number of fused-ring (bicyclic) bond motifs is 3. The Morgan fingerprint density at radius 2 is 1.76 bits per heavy atom. The normalized spacial score (nSPS) is 14.8. The van der Waals surface area contributed by atoms with Crippen molar-refractivity contribution in [3.05, 3.63) is 89.6 Å². The average molecular weight is 754 g/mol. The predicted molar refractivity (Wildman–Crippen MR) is 198 cm³/mol. The lowest BCUT2D eigenvalue weighted by Crippen LogP contribution is -2.43. The fourth-order valence-electron chi connectivity index (χ4n) is 7.59. The minimum absolute atomic E-state index is 0.00564. The number of hydrogen-bond donors (Lipinski definition) is 0. The molecule has 3 aromatic carbocycles. The highest BCUT2D eigenvalue weighted by atomic mass is 19.1. The minimum atomic E-state index is -1.22. The van der Waals surface area contributed by atoms with E-state index in [-0.39, 0.29) is 71.9 Å². The lowest BCUT2D eigenvalue weighted by Gasteiger charge is -2.31. The summed E-state index contributed by atoms with van der Waals surface area (Å²) in [7, 11) is 0. The second kappa shape index (κ2) is 16.7. The Morgan fingerprint density at radius 1 is 0.964 bits per heavy atom. The second-order valence-electron chi connectivity index (χ2n) is 13.8. The van der Waals surface area contributed by atoms with Crippen molar-refractivity contribution in [2.24, 2.45) is 0 Å². The fourth-order valence-corrected chi connectivity index (χ4v) is 7.59. The molecule has 0 spiro atoms. The fraction of sp³-hybridized carbons (Fsp3) is 0.366. The van der Waals surface area contributed by atoms with E-state index in [2.05, 4.69) is 19.9 Å². The molecule has 2 aromatic heterocycles. The van der Waals surface area contributed by atoms with Gasteiger partial charge in [0.2, 0.25) is 5.88 Å². The molecule has 0 bridgehead atoms. The molecule has 5 aromatic rings. The van der Waals surface area contributed by atoms with E-state index in [9.17, 15) is 14.4 Å². The SMILES string of the molecule is CCCC(=O)N(C=O)OC(=O)OCCCc1ccc(F)c2cccc(-c3ncc4c(OCc5ccccc5)nc(OCC56CCCN5CCC6)nc4c3F)c12. The molecule has 0 radical (unpaired) electrons. The van der Waals surface area contributed by atoms with Gasteiger partial charge in [-0.1, -0.05) is 61.5 Å². The van der Waals surface area contributed by atoms with Crippen LogP contribution in [0.25, 0.3) is 32.9 Å². The van der Waals surface area contributed by atoms with Crippen LogP contribution in [0, 0.1) is 11.6 Å². The van der Waals surface area contributed by atoms with Crippen molar-refractivity contribution in [3.8, 4) is 23.1 Å². The van der Waals surface area contributed by atoms with Gasteiger partial charge in [-0.05, 0) is 80.6 Å². The van der Waals surface area contributed by atoms with Crippen LogP contribution in [0.15, 0.2) is 66.9 Å². The average Bonchev–Trinajstić information content (AvgIpc) is 3.79. The highest BCUT2D eigenvalue weighted by Gasteiger charge is 2.45. The number of aromatic nitrogens is 3. The number of halogens is 2. The summed E-state index contributed by atoms with van der Waals surface area (Å²) in [6.45, 7) is 4.19. The van der Waals surface area contributed by atoms with Gasteiger partial charge in [0.05, 0.1) is 17.5 Å². The maximum absolute atomic E-state index is 16.9. The lowest BCUT2D eigenvalue weighted by molar-refractivity contribution is -0.176. The Hall–Kier alpha value is -5.76.